The van der Waals surface area contributed by atoms with Crippen LogP contribution in [0.3, 0.4) is 0 Å². The fraction of sp³-hybridized carbons (Fsp3) is 0.826. The van der Waals surface area contributed by atoms with E-state index in [1.165, 1.54) is 13.3 Å². The summed E-state index contributed by atoms with van der Waals surface area (Å²) in [6, 6.07) is -2.07. The molecule has 4 amide bonds. The number of hydrogen-bond donors (Lipinski definition) is 4. The molecule has 2 aliphatic carbocycles. The number of rotatable bonds is 15. The van der Waals surface area contributed by atoms with Crippen molar-refractivity contribution in [1.82, 2.24) is 31.1 Å². The van der Waals surface area contributed by atoms with E-state index in [0.29, 0.717) is 39.1 Å². The van der Waals surface area contributed by atoms with Gasteiger partial charge in [0.15, 0.2) is 0 Å². The topological polar surface area (TPSA) is 157 Å². The molecule has 4 fully saturated rings. The molecule has 4 rings (SSSR count). The molecule has 2 saturated carbocycles. The Morgan fingerprint density at radius 3 is 2.05 bits per heavy atom. The average molecular weight is 819 g/mol. The molecular formula is C46H86N6O6. The molecule has 0 spiro atoms. The van der Waals surface area contributed by atoms with Gasteiger partial charge in [0.05, 0.1) is 12.1 Å². The lowest BCUT2D eigenvalue weighted by molar-refractivity contribution is -0.145. The van der Waals surface area contributed by atoms with Gasteiger partial charge in [-0.1, -0.05) is 109 Å². The lowest BCUT2D eigenvalue weighted by atomic mass is 9.83. The fourth-order valence-corrected chi connectivity index (χ4v) is 8.35. The van der Waals surface area contributed by atoms with Crippen LogP contribution in [0.1, 0.15) is 161 Å². The van der Waals surface area contributed by atoms with E-state index in [1.54, 1.807) is 4.90 Å². The molecule has 0 aromatic carbocycles. The summed E-state index contributed by atoms with van der Waals surface area (Å²) >= 11 is 0. The van der Waals surface area contributed by atoms with Crippen molar-refractivity contribution in [1.29, 1.82) is 0 Å². The van der Waals surface area contributed by atoms with Gasteiger partial charge in [-0.3, -0.25) is 34.6 Å². The molecule has 336 valence electrons. The first-order valence-electron chi connectivity index (χ1n) is 21.5. The molecule has 0 radical (unpaired) electrons. The van der Waals surface area contributed by atoms with E-state index >= 15 is 0 Å². The summed E-state index contributed by atoms with van der Waals surface area (Å²) in [6.45, 7) is 25.2. The Balaban J connectivity index is 0. The molecule has 4 N–H and O–H groups in total. The van der Waals surface area contributed by atoms with Crippen LogP contribution in [-0.2, 0) is 28.8 Å². The maximum absolute atomic E-state index is 14.6. The van der Waals surface area contributed by atoms with Gasteiger partial charge in [-0.05, 0) is 67.6 Å². The van der Waals surface area contributed by atoms with Crippen LogP contribution in [0.4, 0.5) is 0 Å². The number of terminal acetylenes is 1. The number of Topliss-reactive ketones (excluding diaryl/α,β-unsaturated/α-hetero) is 1. The Labute approximate surface area is 354 Å². The molecule has 0 aromatic rings. The third-order valence-corrected chi connectivity index (χ3v) is 12.0. The van der Waals surface area contributed by atoms with Crippen LogP contribution in [0.15, 0.2) is 0 Å². The number of ketones is 1. The van der Waals surface area contributed by atoms with Crippen LogP contribution in [0.25, 0.3) is 0 Å². The predicted molar refractivity (Wildman–Crippen MR) is 238 cm³/mol. The number of carbonyl (C=O) groups is 6. The highest BCUT2D eigenvalue weighted by Gasteiger charge is 2.71. The first-order valence-corrected chi connectivity index (χ1v) is 21.5. The van der Waals surface area contributed by atoms with Gasteiger partial charge in [0, 0.05) is 51.7 Å². The van der Waals surface area contributed by atoms with Gasteiger partial charge in [-0.15, -0.1) is 12.3 Å². The molecule has 58 heavy (non-hydrogen) atoms. The van der Waals surface area contributed by atoms with E-state index in [4.69, 9.17) is 11.2 Å². The average Bonchev–Trinajstić information content (AvgIpc) is 3.52. The van der Waals surface area contributed by atoms with Gasteiger partial charge < -0.3 is 25.2 Å². The maximum atomic E-state index is 14.6. The van der Waals surface area contributed by atoms with Gasteiger partial charge in [-0.2, -0.15) is 0 Å². The fourth-order valence-electron chi connectivity index (χ4n) is 8.35. The zero-order valence-electron chi connectivity index (χ0n) is 36.7. The number of nitrogens with zero attached hydrogens (tertiary/aromatic N) is 2. The number of carbonyl (C=O) groups excluding carboxylic acids is 6. The number of fused-ring (bicyclic) bond motifs is 1. The Kier molecular flexibility index (Phi) is 27.6. The van der Waals surface area contributed by atoms with Crippen LogP contribution in [-0.4, -0.2) is 103 Å². The largest absolute Gasteiger partial charge is 0.349 e. The second kappa shape index (κ2) is 28.2. The lowest BCUT2D eigenvalue weighted by Gasteiger charge is -2.39. The van der Waals surface area contributed by atoms with Crippen molar-refractivity contribution >= 4 is 36.2 Å². The van der Waals surface area contributed by atoms with Crippen molar-refractivity contribution < 1.29 is 28.8 Å². The van der Waals surface area contributed by atoms with Crippen molar-refractivity contribution in [3.63, 3.8) is 0 Å². The van der Waals surface area contributed by atoms with Gasteiger partial charge in [0.2, 0.25) is 23.5 Å². The van der Waals surface area contributed by atoms with E-state index in [2.05, 4.69) is 75.7 Å². The molecule has 2 heterocycles. The van der Waals surface area contributed by atoms with Crippen LogP contribution >= 0.6 is 0 Å². The summed E-state index contributed by atoms with van der Waals surface area (Å²) < 4.78 is 0. The molecule has 12 nitrogen and oxygen atoms in total. The minimum atomic E-state index is -0.987. The van der Waals surface area contributed by atoms with Crippen LogP contribution in [0.5, 0.6) is 0 Å². The van der Waals surface area contributed by atoms with Gasteiger partial charge >= 0.3 is 0 Å². The van der Waals surface area contributed by atoms with E-state index in [0.717, 1.165) is 64.3 Å². The first kappa shape index (κ1) is 56.8. The third-order valence-electron chi connectivity index (χ3n) is 12.0. The van der Waals surface area contributed by atoms with Crippen molar-refractivity contribution in [2.75, 3.05) is 32.8 Å². The van der Waals surface area contributed by atoms with Crippen molar-refractivity contribution in [2.24, 2.45) is 28.6 Å². The highest BCUT2D eigenvalue weighted by atomic mass is 16.2. The van der Waals surface area contributed by atoms with E-state index in [9.17, 15) is 24.0 Å². The van der Waals surface area contributed by atoms with Gasteiger partial charge in [0.25, 0.3) is 5.91 Å². The molecule has 2 saturated heterocycles. The normalized spacial score (nSPS) is 23.7. The standard InChI is InChI=1S/C36H62N6O5.C4H6.C3H8.CH2O.2CH4/c1-8-18-37-33(46)31(44)23(3)40-32(45)30-28-25(36(28,7)9-2)20-42(30)34(47)29(24-15-11-10-12-16-24)39-22-38-26(35(4,5)6)21-41-19-14-13-17-27(41)43;1-3-4-2;1-3-2;1-2;;/h23-26,28-30,38-39H,8-22H2,1-7H3,(H,37,46)(H,40,45);1H,4H2,2H3;3H2,1-2H3;1H2;2*1H4/t23?,25-,26+,28?,29-,30-,36+;;;;;/m0...../s1. The van der Waals surface area contributed by atoms with E-state index in [1.807, 2.05) is 25.5 Å². The van der Waals surface area contributed by atoms with Crippen LogP contribution in [0, 0.1) is 40.9 Å². The minimum Gasteiger partial charge on any atom is -0.349 e. The molecular weight excluding hydrogens is 733 g/mol. The summed E-state index contributed by atoms with van der Waals surface area (Å²) in [7, 11) is 0. The maximum Gasteiger partial charge on any atom is 0.289 e. The zero-order valence-corrected chi connectivity index (χ0v) is 36.7. The summed E-state index contributed by atoms with van der Waals surface area (Å²) in [5, 5.41) is 12.6. The quantitative estimate of drug-likeness (QED) is 0.0829. The van der Waals surface area contributed by atoms with Crippen LogP contribution in [0.2, 0.25) is 0 Å². The SMILES string of the molecule is C.C.C#CCC.C=O.CCC.CCCNC(=O)C(=O)C(C)NC(=O)[C@@H]1C2[C@H](CN1C(=O)[C@@H](NCN[C@H](CN1CCCCC1=O)C(C)(C)C)C1CCCCC1)[C@@]2(C)CC. The Bertz CT molecular complexity index is 1290. The molecule has 2 unspecified atom stereocenters. The van der Waals surface area contributed by atoms with E-state index < -0.39 is 29.8 Å². The minimum absolute atomic E-state index is 0. The van der Waals surface area contributed by atoms with Crippen LogP contribution < -0.4 is 21.3 Å². The monoisotopic (exact) mass is 819 g/mol. The highest BCUT2D eigenvalue weighted by Crippen LogP contribution is 2.67. The Morgan fingerprint density at radius 2 is 1.55 bits per heavy atom. The zero-order chi connectivity index (χ0) is 42.6. The summed E-state index contributed by atoms with van der Waals surface area (Å²) in [5.41, 5.74) is -0.138. The van der Waals surface area contributed by atoms with Gasteiger partial charge in [-0.25, -0.2) is 0 Å². The summed E-state index contributed by atoms with van der Waals surface area (Å²) in [5.74, 6) is 1.26. The van der Waals surface area contributed by atoms with E-state index in [-0.39, 0.29) is 67.2 Å². The number of amides is 4. The lowest BCUT2D eigenvalue weighted by Crippen LogP contribution is -2.60. The van der Waals surface area contributed by atoms with Crippen molar-refractivity contribution in [3.05, 3.63) is 0 Å². The summed E-state index contributed by atoms with van der Waals surface area (Å²) in [6.07, 6.45) is 16.3. The Hall–Kier alpha value is -3.30. The number of likely N-dealkylation sites (tertiary alicyclic amines) is 2. The van der Waals surface area contributed by atoms with Crippen molar-refractivity contribution in [2.45, 2.75) is 185 Å². The molecule has 0 bridgehead atoms. The number of hydrogen-bond acceptors (Lipinski definition) is 8. The molecule has 4 aliphatic rings. The highest BCUT2D eigenvalue weighted by molar-refractivity contribution is 6.38. The number of piperidine rings is 2. The molecule has 12 heteroatoms. The number of nitrogens with one attached hydrogen (secondary N) is 4. The molecule has 0 aromatic heterocycles. The third kappa shape index (κ3) is 16.0. The second-order valence-electron chi connectivity index (χ2n) is 17.2. The molecule has 2 aliphatic heterocycles. The summed E-state index contributed by atoms with van der Waals surface area (Å²) in [4.78, 5) is 77.9. The smallest absolute Gasteiger partial charge is 0.289 e. The second-order valence-corrected chi connectivity index (χ2v) is 17.2. The predicted octanol–water partition coefficient (Wildman–Crippen LogP) is 6.51. The Morgan fingerprint density at radius 1 is 0.966 bits per heavy atom. The van der Waals surface area contributed by atoms with Gasteiger partial charge in [0.1, 0.15) is 12.8 Å². The first-order chi connectivity index (χ1) is 26.6. The van der Waals surface area contributed by atoms with Crippen molar-refractivity contribution in [3.8, 4) is 12.3 Å². The molecule has 7 atom stereocenters.